The van der Waals surface area contributed by atoms with Crippen LogP contribution >= 0.6 is 0 Å². The Balaban J connectivity index is 1.44. The Hall–Kier alpha value is -2.70. The van der Waals surface area contributed by atoms with E-state index in [9.17, 15) is 14.7 Å². The number of rotatable bonds is 7. The van der Waals surface area contributed by atoms with Crippen molar-refractivity contribution in [3.05, 3.63) is 71.3 Å². The highest BCUT2D eigenvalue weighted by Gasteiger charge is 2.52. The summed E-state index contributed by atoms with van der Waals surface area (Å²) in [6.45, 7) is 1.97. The van der Waals surface area contributed by atoms with Gasteiger partial charge in [0.1, 0.15) is 11.6 Å². The number of ether oxygens (including phenoxy) is 1. The number of imide groups is 1. The molecule has 0 aromatic heterocycles. The Bertz CT molecular complexity index is 908. The van der Waals surface area contributed by atoms with E-state index in [4.69, 9.17) is 4.74 Å². The van der Waals surface area contributed by atoms with Crippen LogP contribution in [0.4, 0.5) is 4.79 Å². The molecule has 158 valence electrons. The van der Waals surface area contributed by atoms with Crippen LogP contribution < -0.4 is 5.32 Å². The largest absolute Gasteiger partial charge is 0.389 e. The smallest absolute Gasteiger partial charge is 0.325 e. The minimum absolute atomic E-state index is 0.0119. The first-order valence-electron chi connectivity index (χ1n) is 10.5. The van der Waals surface area contributed by atoms with Gasteiger partial charge in [-0.25, -0.2) is 4.79 Å². The zero-order valence-electron chi connectivity index (χ0n) is 17.2. The molecule has 1 saturated heterocycles. The fourth-order valence-electron chi connectivity index (χ4n) is 4.50. The maximum Gasteiger partial charge on any atom is 0.325 e. The standard InChI is InChI=1S/C24H28N2O4/c1-17-9-5-6-12-20(17)21(18-10-3-2-4-11-18)30-16-19(27)15-26-22(28)24(25-23(26)29)13-7-8-14-24/h2-6,9-12,19,21,27H,7-8,13-16H2,1H3,(H,25,29). The van der Waals surface area contributed by atoms with Crippen molar-refractivity contribution in [2.45, 2.75) is 50.4 Å². The van der Waals surface area contributed by atoms with Gasteiger partial charge in [0.25, 0.3) is 5.91 Å². The molecular formula is C24H28N2O4. The van der Waals surface area contributed by atoms with Gasteiger partial charge in [-0.15, -0.1) is 0 Å². The van der Waals surface area contributed by atoms with Crippen molar-refractivity contribution in [1.82, 2.24) is 10.2 Å². The number of nitrogens with zero attached hydrogens (tertiary/aromatic N) is 1. The molecule has 2 N–H and O–H groups in total. The van der Waals surface area contributed by atoms with E-state index in [1.165, 1.54) is 0 Å². The van der Waals surface area contributed by atoms with Crippen LogP contribution in [-0.2, 0) is 9.53 Å². The molecule has 0 bridgehead atoms. The van der Waals surface area contributed by atoms with Crippen molar-refractivity contribution >= 4 is 11.9 Å². The summed E-state index contributed by atoms with van der Waals surface area (Å²) in [5.74, 6) is -0.220. The lowest BCUT2D eigenvalue weighted by Crippen LogP contribution is -2.45. The molecule has 0 radical (unpaired) electrons. The van der Waals surface area contributed by atoms with Crippen LogP contribution in [0.3, 0.4) is 0 Å². The summed E-state index contributed by atoms with van der Waals surface area (Å²) in [7, 11) is 0. The van der Waals surface area contributed by atoms with E-state index in [2.05, 4.69) is 5.32 Å². The summed E-state index contributed by atoms with van der Waals surface area (Å²) in [6.07, 6.45) is 1.90. The van der Waals surface area contributed by atoms with Crippen LogP contribution in [-0.4, -0.2) is 46.7 Å². The third kappa shape index (κ3) is 3.98. The normalized spacial score (nSPS) is 19.9. The van der Waals surface area contributed by atoms with Gasteiger partial charge in [0, 0.05) is 0 Å². The topological polar surface area (TPSA) is 78.9 Å². The molecule has 6 nitrogen and oxygen atoms in total. The third-order valence-electron chi connectivity index (χ3n) is 6.12. The summed E-state index contributed by atoms with van der Waals surface area (Å²) >= 11 is 0. The molecule has 1 spiro atoms. The van der Waals surface area contributed by atoms with Crippen molar-refractivity contribution in [3.8, 4) is 0 Å². The van der Waals surface area contributed by atoms with Gasteiger partial charge >= 0.3 is 6.03 Å². The van der Waals surface area contributed by atoms with E-state index >= 15 is 0 Å². The number of aliphatic hydroxyl groups excluding tert-OH is 1. The van der Waals surface area contributed by atoms with Crippen molar-refractivity contribution in [2.24, 2.45) is 0 Å². The first kappa shape index (κ1) is 20.6. The Kier molecular flexibility index (Phi) is 5.88. The number of aryl methyl sites for hydroxylation is 1. The Labute approximate surface area is 176 Å². The van der Waals surface area contributed by atoms with Gasteiger partial charge in [0.15, 0.2) is 0 Å². The second-order valence-electron chi connectivity index (χ2n) is 8.27. The molecule has 2 unspecified atom stereocenters. The van der Waals surface area contributed by atoms with Gasteiger partial charge in [0.2, 0.25) is 0 Å². The minimum Gasteiger partial charge on any atom is -0.389 e. The van der Waals surface area contributed by atoms with Crippen LogP contribution in [0.15, 0.2) is 54.6 Å². The number of hydrogen-bond donors (Lipinski definition) is 2. The summed E-state index contributed by atoms with van der Waals surface area (Å²) in [4.78, 5) is 26.3. The molecule has 4 rings (SSSR count). The Morgan fingerprint density at radius 2 is 1.73 bits per heavy atom. The van der Waals surface area contributed by atoms with E-state index in [-0.39, 0.29) is 25.2 Å². The lowest BCUT2D eigenvalue weighted by molar-refractivity contribution is -0.132. The summed E-state index contributed by atoms with van der Waals surface area (Å²) < 4.78 is 6.13. The summed E-state index contributed by atoms with van der Waals surface area (Å²) in [6, 6.07) is 17.4. The molecule has 30 heavy (non-hydrogen) atoms. The summed E-state index contributed by atoms with van der Waals surface area (Å²) in [5.41, 5.74) is 2.35. The monoisotopic (exact) mass is 408 g/mol. The fraction of sp³-hybridized carbons (Fsp3) is 0.417. The van der Waals surface area contributed by atoms with E-state index in [1.807, 2.05) is 61.5 Å². The number of β-amino-alcohol motifs (C(OH)–C–C–N with tert-alkyl or cyclic N) is 1. The number of benzene rings is 2. The quantitative estimate of drug-likeness (QED) is 0.689. The SMILES string of the molecule is Cc1ccccc1C(OCC(O)CN1C(=O)NC2(CCCC2)C1=O)c1ccccc1. The molecular weight excluding hydrogens is 380 g/mol. The Morgan fingerprint density at radius 1 is 1.07 bits per heavy atom. The summed E-state index contributed by atoms with van der Waals surface area (Å²) in [5, 5.41) is 13.4. The molecule has 1 aliphatic carbocycles. The number of amides is 3. The van der Waals surface area contributed by atoms with Gasteiger partial charge in [-0.05, 0) is 36.5 Å². The van der Waals surface area contributed by atoms with Crippen molar-refractivity contribution in [2.75, 3.05) is 13.2 Å². The first-order chi connectivity index (χ1) is 14.5. The molecule has 2 fully saturated rings. The van der Waals surface area contributed by atoms with E-state index in [1.54, 1.807) is 0 Å². The first-order valence-corrected chi connectivity index (χ1v) is 10.5. The van der Waals surface area contributed by atoms with Crippen LogP contribution in [0.5, 0.6) is 0 Å². The van der Waals surface area contributed by atoms with Crippen LogP contribution in [0.2, 0.25) is 0 Å². The molecule has 2 atom stereocenters. The highest BCUT2D eigenvalue weighted by Crippen LogP contribution is 2.35. The zero-order chi connectivity index (χ0) is 21.1. The highest BCUT2D eigenvalue weighted by atomic mass is 16.5. The van der Waals surface area contributed by atoms with E-state index in [0.29, 0.717) is 12.8 Å². The predicted octanol–water partition coefficient (Wildman–Crippen LogP) is 3.33. The van der Waals surface area contributed by atoms with Crippen LogP contribution in [0.1, 0.15) is 48.5 Å². The van der Waals surface area contributed by atoms with Crippen molar-refractivity contribution in [1.29, 1.82) is 0 Å². The zero-order valence-corrected chi connectivity index (χ0v) is 17.2. The molecule has 3 amide bonds. The average molecular weight is 408 g/mol. The van der Waals surface area contributed by atoms with Gasteiger partial charge in [0.05, 0.1) is 19.3 Å². The maximum absolute atomic E-state index is 12.8. The maximum atomic E-state index is 12.8. The van der Waals surface area contributed by atoms with E-state index in [0.717, 1.165) is 34.4 Å². The second kappa shape index (κ2) is 8.58. The molecule has 2 aromatic rings. The third-order valence-corrected chi connectivity index (χ3v) is 6.12. The molecule has 2 aliphatic rings. The van der Waals surface area contributed by atoms with Crippen molar-refractivity contribution < 1.29 is 19.4 Å². The average Bonchev–Trinajstić information content (AvgIpc) is 3.31. The van der Waals surface area contributed by atoms with Crippen LogP contribution in [0.25, 0.3) is 0 Å². The Morgan fingerprint density at radius 3 is 2.43 bits per heavy atom. The lowest BCUT2D eigenvalue weighted by Gasteiger charge is -2.24. The number of hydrogen-bond acceptors (Lipinski definition) is 4. The molecule has 6 heteroatoms. The highest BCUT2D eigenvalue weighted by molar-refractivity contribution is 6.07. The number of nitrogens with one attached hydrogen (secondary N) is 1. The molecule has 1 aliphatic heterocycles. The van der Waals surface area contributed by atoms with Gasteiger partial charge in [-0.3, -0.25) is 9.69 Å². The molecule has 1 saturated carbocycles. The minimum atomic E-state index is -0.966. The molecule has 2 aromatic carbocycles. The van der Waals surface area contributed by atoms with Gasteiger partial charge in [-0.1, -0.05) is 67.4 Å². The number of aliphatic hydroxyl groups is 1. The predicted molar refractivity (Wildman–Crippen MR) is 113 cm³/mol. The van der Waals surface area contributed by atoms with Crippen molar-refractivity contribution in [3.63, 3.8) is 0 Å². The van der Waals surface area contributed by atoms with Gasteiger partial charge < -0.3 is 15.2 Å². The lowest BCUT2D eigenvalue weighted by atomic mass is 9.97. The van der Waals surface area contributed by atoms with Crippen LogP contribution in [0, 0.1) is 6.92 Å². The number of carbonyl (C=O) groups is 2. The second-order valence-corrected chi connectivity index (χ2v) is 8.27. The number of carbonyl (C=O) groups excluding carboxylic acids is 2. The fourth-order valence-corrected chi connectivity index (χ4v) is 4.50. The van der Waals surface area contributed by atoms with E-state index < -0.39 is 17.7 Å². The van der Waals surface area contributed by atoms with Gasteiger partial charge in [-0.2, -0.15) is 0 Å². The molecule has 1 heterocycles. The number of urea groups is 1.